The van der Waals surface area contributed by atoms with E-state index in [0.717, 1.165) is 19.8 Å². The number of hydrogen-bond donors (Lipinski definition) is 0. The van der Waals surface area contributed by atoms with Gasteiger partial charge in [-0.15, -0.1) is 22.7 Å². The number of alkyl halides is 1. The van der Waals surface area contributed by atoms with Gasteiger partial charge in [-0.25, -0.2) is 4.98 Å². The summed E-state index contributed by atoms with van der Waals surface area (Å²) in [5, 5.41) is 4.05. The lowest BCUT2D eigenvalue weighted by Crippen LogP contribution is -1.74. The molecule has 0 saturated carbocycles. The summed E-state index contributed by atoms with van der Waals surface area (Å²) >= 11 is 10.2. The Balaban J connectivity index is 2.35. The molecule has 2 aromatic heterocycles. The molecule has 0 N–H and O–H groups in total. The molecule has 0 aromatic carbocycles. The van der Waals surface area contributed by atoms with E-state index in [4.69, 9.17) is 0 Å². The third-order valence-corrected chi connectivity index (χ3v) is 4.89. The Labute approximate surface area is 101 Å². The molecule has 13 heavy (non-hydrogen) atoms. The predicted octanol–water partition coefficient (Wildman–Crippen LogP) is 4.53. The molecule has 0 spiro atoms. The van der Waals surface area contributed by atoms with Crippen LogP contribution in [0.2, 0.25) is 0 Å². The van der Waals surface area contributed by atoms with E-state index >= 15 is 0 Å². The van der Waals surface area contributed by atoms with Gasteiger partial charge in [0.2, 0.25) is 0 Å². The first-order chi connectivity index (χ1) is 6.29. The van der Waals surface area contributed by atoms with Crippen LogP contribution < -0.4 is 0 Å². The lowest BCUT2D eigenvalue weighted by molar-refractivity contribution is 1.29. The third-order valence-electron chi connectivity index (χ3n) is 1.49. The van der Waals surface area contributed by atoms with Crippen LogP contribution in [0.4, 0.5) is 0 Å². The van der Waals surface area contributed by atoms with Crippen LogP contribution in [0.1, 0.15) is 5.01 Å². The summed E-state index contributed by atoms with van der Waals surface area (Å²) in [5.41, 5.74) is 1.08. The number of aromatic nitrogens is 1. The first kappa shape index (κ1) is 9.83. The number of nitrogens with zero attached hydrogens (tertiary/aromatic N) is 1. The average Bonchev–Trinajstić information content (AvgIpc) is 2.71. The fourth-order valence-corrected chi connectivity index (χ4v) is 3.52. The first-order valence-electron chi connectivity index (χ1n) is 3.55. The van der Waals surface area contributed by atoms with Gasteiger partial charge in [0.1, 0.15) is 5.01 Å². The van der Waals surface area contributed by atoms with Crippen LogP contribution in [0.15, 0.2) is 21.3 Å². The van der Waals surface area contributed by atoms with Crippen LogP contribution in [0.25, 0.3) is 10.6 Å². The van der Waals surface area contributed by atoms with E-state index in [1.54, 1.807) is 22.7 Å². The van der Waals surface area contributed by atoms with E-state index in [2.05, 4.69) is 48.3 Å². The molecule has 68 valence electrons. The fraction of sp³-hybridized carbons (Fsp3) is 0.125. The van der Waals surface area contributed by atoms with Gasteiger partial charge >= 0.3 is 0 Å². The van der Waals surface area contributed by atoms with Crippen LogP contribution in [-0.2, 0) is 5.33 Å². The lowest BCUT2D eigenvalue weighted by atomic mass is 10.4. The van der Waals surface area contributed by atoms with Gasteiger partial charge in [-0.2, -0.15) is 0 Å². The van der Waals surface area contributed by atoms with Crippen molar-refractivity contribution in [2.24, 2.45) is 0 Å². The summed E-state index contributed by atoms with van der Waals surface area (Å²) in [6.45, 7) is 0. The van der Waals surface area contributed by atoms with E-state index in [0.29, 0.717) is 0 Å². The van der Waals surface area contributed by atoms with Crippen LogP contribution >= 0.6 is 54.5 Å². The van der Waals surface area contributed by atoms with Crippen molar-refractivity contribution in [2.45, 2.75) is 5.33 Å². The maximum Gasteiger partial charge on any atom is 0.104 e. The molecule has 0 atom stereocenters. The van der Waals surface area contributed by atoms with Crippen molar-refractivity contribution in [1.29, 1.82) is 0 Å². The van der Waals surface area contributed by atoms with Gasteiger partial charge in [0.05, 0.1) is 19.7 Å². The standard InChI is InChI=1S/C8H5Br2NS2/c9-3-8-11-5(4-12-8)6-1-2-7(10)13-6/h1-2,4H,3H2. The third kappa shape index (κ3) is 2.21. The minimum atomic E-state index is 0.838. The minimum Gasteiger partial charge on any atom is -0.239 e. The molecule has 0 bridgehead atoms. The molecule has 0 aliphatic heterocycles. The highest BCUT2D eigenvalue weighted by Gasteiger charge is 2.05. The molecular weight excluding hydrogens is 334 g/mol. The van der Waals surface area contributed by atoms with Gasteiger partial charge in [-0.05, 0) is 28.1 Å². The Morgan fingerprint density at radius 2 is 2.23 bits per heavy atom. The van der Waals surface area contributed by atoms with Gasteiger partial charge in [-0.3, -0.25) is 0 Å². The Kier molecular flexibility index (Phi) is 3.18. The van der Waals surface area contributed by atoms with Gasteiger partial charge in [0.15, 0.2) is 0 Å². The largest absolute Gasteiger partial charge is 0.239 e. The predicted molar refractivity (Wildman–Crippen MR) is 65.8 cm³/mol. The van der Waals surface area contributed by atoms with Crippen molar-refractivity contribution >= 4 is 54.5 Å². The summed E-state index contributed by atoms with van der Waals surface area (Å²) in [7, 11) is 0. The topological polar surface area (TPSA) is 12.9 Å². The van der Waals surface area contributed by atoms with Gasteiger partial charge in [0, 0.05) is 5.38 Å². The van der Waals surface area contributed by atoms with Gasteiger partial charge in [0.25, 0.3) is 0 Å². The fourth-order valence-electron chi connectivity index (χ4n) is 0.937. The van der Waals surface area contributed by atoms with Crippen molar-refractivity contribution in [1.82, 2.24) is 4.98 Å². The number of thiazole rings is 1. The van der Waals surface area contributed by atoms with Crippen LogP contribution in [0, 0.1) is 0 Å². The van der Waals surface area contributed by atoms with Crippen molar-refractivity contribution < 1.29 is 0 Å². The lowest BCUT2D eigenvalue weighted by Gasteiger charge is -1.86. The molecule has 2 aromatic rings. The molecule has 2 rings (SSSR count). The van der Waals surface area contributed by atoms with Crippen LogP contribution in [-0.4, -0.2) is 4.98 Å². The molecule has 0 saturated heterocycles. The molecule has 0 aliphatic rings. The molecule has 2 heterocycles. The van der Waals surface area contributed by atoms with E-state index in [1.165, 1.54) is 4.88 Å². The van der Waals surface area contributed by atoms with Gasteiger partial charge in [-0.1, -0.05) is 15.9 Å². The minimum absolute atomic E-state index is 0.838. The number of rotatable bonds is 2. The van der Waals surface area contributed by atoms with E-state index < -0.39 is 0 Å². The van der Waals surface area contributed by atoms with E-state index in [1.807, 2.05) is 6.07 Å². The van der Waals surface area contributed by atoms with E-state index in [-0.39, 0.29) is 0 Å². The van der Waals surface area contributed by atoms with Crippen molar-refractivity contribution in [3.05, 3.63) is 26.3 Å². The molecule has 0 radical (unpaired) electrons. The molecule has 0 fully saturated rings. The highest BCUT2D eigenvalue weighted by molar-refractivity contribution is 9.11. The highest BCUT2D eigenvalue weighted by Crippen LogP contribution is 2.32. The molecule has 0 amide bonds. The van der Waals surface area contributed by atoms with Crippen molar-refractivity contribution in [2.75, 3.05) is 0 Å². The van der Waals surface area contributed by atoms with Crippen molar-refractivity contribution in [3.8, 4) is 10.6 Å². The molecule has 0 unspecified atom stereocenters. The molecule has 1 nitrogen and oxygen atoms in total. The summed E-state index contributed by atoms with van der Waals surface area (Å²) in [6.07, 6.45) is 0. The maximum atomic E-state index is 4.47. The highest BCUT2D eigenvalue weighted by atomic mass is 79.9. The summed E-state index contributed by atoms with van der Waals surface area (Å²) in [5.74, 6) is 0. The SMILES string of the molecule is BrCc1nc(-c2ccc(Br)s2)cs1. The first-order valence-corrected chi connectivity index (χ1v) is 7.17. The second-order valence-corrected chi connectivity index (χ2v) is 6.33. The second-order valence-electron chi connectivity index (χ2n) is 2.36. The summed E-state index contributed by atoms with van der Waals surface area (Å²) in [6, 6.07) is 4.13. The number of halogens is 2. The average molecular weight is 339 g/mol. The Morgan fingerprint density at radius 1 is 1.38 bits per heavy atom. The quantitative estimate of drug-likeness (QED) is 0.733. The van der Waals surface area contributed by atoms with Crippen LogP contribution in [0.5, 0.6) is 0 Å². The summed E-state index contributed by atoms with van der Waals surface area (Å²) < 4.78 is 1.15. The van der Waals surface area contributed by atoms with Gasteiger partial charge < -0.3 is 0 Å². The van der Waals surface area contributed by atoms with Crippen molar-refractivity contribution in [3.63, 3.8) is 0 Å². The molecular formula is C8H5Br2NS2. The second kappa shape index (κ2) is 4.21. The smallest absolute Gasteiger partial charge is 0.104 e. The maximum absolute atomic E-state index is 4.47. The number of thiophene rings is 1. The Bertz CT molecular complexity index is 408. The van der Waals surface area contributed by atoms with Crippen LogP contribution in [0.3, 0.4) is 0 Å². The zero-order valence-corrected chi connectivity index (χ0v) is 11.3. The zero-order chi connectivity index (χ0) is 9.26. The zero-order valence-electron chi connectivity index (χ0n) is 6.46. The normalized spacial score (nSPS) is 10.6. The monoisotopic (exact) mass is 337 g/mol. The molecule has 5 heteroatoms. The van der Waals surface area contributed by atoms with E-state index in [9.17, 15) is 0 Å². The summed E-state index contributed by atoms with van der Waals surface area (Å²) in [4.78, 5) is 5.69. The Morgan fingerprint density at radius 3 is 2.77 bits per heavy atom. The Hall–Kier alpha value is 0.290. The number of hydrogen-bond acceptors (Lipinski definition) is 3. The molecule has 0 aliphatic carbocycles.